The fourth-order valence-corrected chi connectivity index (χ4v) is 1.66. The number of hydrogen-bond acceptors (Lipinski definition) is 4. The van der Waals surface area contributed by atoms with Gasteiger partial charge in [-0.2, -0.15) is 0 Å². The number of carbonyl (C=O) groups excluding carboxylic acids is 1. The molecule has 0 saturated carbocycles. The minimum absolute atomic E-state index is 0.0357. The Morgan fingerprint density at radius 3 is 2.56 bits per heavy atom. The lowest BCUT2D eigenvalue weighted by Gasteiger charge is -2.35. The molecule has 5 nitrogen and oxygen atoms in total. The van der Waals surface area contributed by atoms with Crippen LogP contribution in [0, 0.1) is 0 Å². The highest BCUT2D eigenvalue weighted by atomic mass is 16.6. The molecule has 1 unspecified atom stereocenters. The van der Waals surface area contributed by atoms with Crippen LogP contribution in [-0.4, -0.2) is 48.9 Å². The Bertz CT molecular complexity index is 232. The van der Waals surface area contributed by atoms with E-state index >= 15 is 0 Å². The molecule has 94 valence electrons. The Balaban J connectivity index is 2.55. The van der Waals surface area contributed by atoms with Gasteiger partial charge in [-0.3, -0.25) is 10.2 Å². The first-order valence-corrected chi connectivity index (χ1v) is 5.88. The number of ether oxygens (including phenoxy) is 1. The van der Waals surface area contributed by atoms with Gasteiger partial charge in [-0.1, -0.05) is 0 Å². The van der Waals surface area contributed by atoms with Gasteiger partial charge in [0.1, 0.15) is 5.60 Å². The summed E-state index contributed by atoms with van der Waals surface area (Å²) in [5, 5.41) is 6.55. The van der Waals surface area contributed by atoms with Gasteiger partial charge < -0.3 is 10.1 Å². The molecule has 1 fully saturated rings. The first-order valence-electron chi connectivity index (χ1n) is 5.88. The maximum absolute atomic E-state index is 11.9. The van der Waals surface area contributed by atoms with E-state index in [0.717, 1.165) is 19.6 Å². The van der Waals surface area contributed by atoms with Gasteiger partial charge in [0, 0.05) is 26.2 Å². The maximum atomic E-state index is 11.9. The molecule has 0 radical (unpaired) electrons. The van der Waals surface area contributed by atoms with Crippen LogP contribution < -0.4 is 10.6 Å². The number of carbonyl (C=O) groups is 1. The van der Waals surface area contributed by atoms with Crippen LogP contribution in [-0.2, 0) is 4.74 Å². The molecule has 1 amide bonds. The normalized spacial score (nSPS) is 21.6. The van der Waals surface area contributed by atoms with Gasteiger partial charge in [-0.05, 0) is 27.7 Å². The Morgan fingerprint density at radius 1 is 1.44 bits per heavy atom. The van der Waals surface area contributed by atoms with Crippen LogP contribution in [0.2, 0.25) is 0 Å². The molecule has 1 atom stereocenters. The van der Waals surface area contributed by atoms with E-state index in [4.69, 9.17) is 4.74 Å². The lowest BCUT2D eigenvalue weighted by atomic mass is 10.2. The summed E-state index contributed by atoms with van der Waals surface area (Å²) >= 11 is 0. The predicted molar refractivity (Wildman–Crippen MR) is 63.3 cm³/mol. The first-order chi connectivity index (χ1) is 7.44. The first kappa shape index (κ1) is 13.3. The summed E-state index contributed by atoms with van der Waals surface area (Å²) in [6.07, 6.45) is -0.218. The van der Waals surface area contributed by atoms with E-state index in [9.17, 15) is 4.79 Å². The van der Waals surface area contributed by atoms with Crippen LogP contribution in [0.15, 0.2) is 0 Å². The average molecular weight is 229 g/mol. The zero-order valence-electron chi connectivity index (χ0n) is 10.7. The molecule has 1 heterocycles. The largest absolute Gasteiger partial charge is 0.444 e. The Hall–Kier alpha value is -0.810. The molecular weight excluding hydrogens is 206 g/mol. The molecule has 1 saturated heterocycles. The molecule has 0 aromatic heterocycles. The van der Waals surface area contributed by atoms with Crippen LogP contribution in [0.5, 0.6) is 0 Å². The summed E-state index contributed by atoms with van der Waals surface area (Å²) in [5.74, 6) is 0. The number of piperazine rings is 1. The van der Waals surface area contributed by atoms with Crippen LogP contribution in [0.3, 0.4) is 0 Å². The average Bonchev–Trinajstić information content (AvgIpc) is 2.17. The minimum Gasteiger partial charge on any atom is -0.444 e. The molecule has 0 aromatic carbocycles. The lowest BCUT2D eigenvalue weighted by molar-refractivity contribution is 0.0123. The van der Waals surface area contributed by atoms with Gasteiger partial charge in [0.05, 0.1) is 6.17 Å². The van der Waals surface area contributed by atoms with Crippen molar-refractivity contribution in [3.8, 4) is 0 Å². The molecule has 5 heteroatoms. The molecule has 0 spiro atoms. The van der Waals surface area contributed by atoms with Gasteiger partial charge >= 0.3 is 6.09 Å². The van der Waals surface area contributed by atoms with E-state index in [-0.39, 0.29) is 12.3 Å². The summed E-state index contributed by atoms with van der Waals surface area (Å²) in [4.78, 5) is 13.6. The van der Waals surface area contributed by atoms with Crippen molar-refractivity contribution in [3.05, 3.63) is 0 Å². The third-order valence-electron chi connectivity index (χ3n) is 2.36. The second-order valence-corrected chi connectivity index (χ2v) is 4.94. The Morgan fingerprint density at radius 2 is 2.12 bits per heavy atom. The van der Waals surface area contributed by atoms with Gasteiger partial charge in [0.2, 0.25) is 0 Å². The molecule has 16 heavy (non-hydrogen) atoms. The second-order valence-electron chi connectivity index (χ2n) is 4.94. The predicted octanol–water partition coefficient (Wildman–Crippen LogP) is 0.762. The quantitative estimate of drug-likeness (QED) is 0.734. The summed E-state index contributed by atoms with van der Waals surface area (Å²) in [7, 11) is 0. The van der Waals surface area contributed by atoms with Crippen molar-refractivity contribution < 1.29 is 9.53 Å². The smallest absolute Gasteiger partial charge is 0.411 e. The Kier molecular flexibility index (Phi) is 4.56. The number of rotatable bonds is 2. The number of nitrogens with one attached hydrogen (secondary N) is 2. The number of hydrogen-bond donors (Lipinski definition) is 2. The number of likely N-dealkylation sites (N-methyl/N-ethyl adjacent to an activating group) is 1. The van der Waals surface area contributed by atoms with Crippen LogP contribution in [0.25, 0.3) is 0 Å². The van der Waals surface area contributed by atoms with Crippen LogP contribution in [0.1, 0.15) is 27.7 Å². The summed E-state index contributed by atoms with van der Waals surface area (Å²) in [6, 6.07) is 0. The van der Waals surface area contributed by atoms with E-state index in [1.165, 1.54) is 0 Å². The highest BCUT2D eigenvalue weighted by Crippen LogP contribution is 2.11. The van der Waals surface area contributed by atoms with Crippen molar-refractivity contribution in [2.24, 2.45) is 0 Å². The second kappa shape index (κ2) is 5.50. The van der Waals surface area contributed by atoms with Gasteiger partial charge in [0.15, 0.2) is 0 Å². The van der Waals surface area contributed by atoms with Crippen LogP contribution >= 0.6 is 0 Å². The Labute approximate surface area is 97.5 Å². The van der Waals surface area contributed by atoms with Crippen molar-refractivity contribution in [1.29, 1.82) is 0 Å². The molecule has 0 bridgehead atoms. The highest BCUT2D eigenvalue weighted by Gasteiger charge is 2.27. The van der Waals surface area contributed by atoms with Crippen molar-refractivity contribution in [3.63, 3.8) is 0 Å². The fourth-order valence-electron chi connectivity index (χ4n) is 1.66. The standard InChI is InChI=1S/C11H23N3O2/c1-5-14(9-8-12-6-7-13-9)10(15)16-11(2,3)4/h9,12-13H,5-8H2,1-4H3. The zero-order valence-corrected chi connectivity index (χ0v) is 10.7. The minimum atomic E-state index is -0.438. The summed E-state index contributed by atoms with van der Waals surface area (Å²) in [5.41, 5.74) is -0.438. The van der Waals surface area contributed by atoms with Gasteiger partial charge in [0.25, 0.3) is 0 Å². The molecule has 1 aliphatic rings. The zero-order chi connectivity index (χ0) is 12.2. The highest BCUT2D eigenvalue weighted by molar-refractivity contribution is 5.68. The fraction of sp³-hybridized carbons (Fsp3) is 0.909. The monoisotopic (exact) mass is 229 g/mol. The SMILES string of the molecule is CCN(C(=O)OC(C)(C)C)C1CNCCN1. The molecule has 2 N–H and O–H groups in total. The third-order valence-corrected chi connectivity index (χ3v) is 2.36. The molecular formula is C11H23N3O2. The molecule has 0 aromatic rings. The van der Waals surface area contributed by atoms with E-state index < -0.39 is 5.60 Å². The lowest BCUT2D eigenvalue weighted by Crippen LogP contribution is -2.59. The molecule has 1 rings (SSSR count). The van der Waals surface area contributed by atoms with E-state index in [1.807, 2.05) is 27.7 Å². The summed E-state index contributed by atoms with van der Waals surface area (Å²) in [6.45, 7) is 10.8. The van der Waals surface area contributed by atoms with Crippen molar-refractivity contribution in [2.75, 3.05) is 26.2 Å². The van der Waals surface area contributed by atoms with Crippen molar-refractivity contribution >= 4 is 6.09 Å². The summed E-state index contributed by atoms with van der Waals surface area (Å²) < 4.78 is 5.36. The number of nitrogens with zero attached hydrogens (tertiary/aromatic N) is 1. The third kappa shape index (κ3) is 3.98. The van der Waals surface area contributed by atoms with Gasteiger partial charge in [-0.25, -0.2) is 4.79 Å². The van der Waals surface area contributed by atoms with Crippen molar-refractivity contribution in [2.45, 2.75) is 39.5 Å². The van der Waals surface area contributed by atoms with Gasteiger partial charge in [-0.15, -0.1) is 0 Å². The topological polar surface area (TPSA) is 53.6 Å². The number of amides is 1. The maximum Gasteiger partial charge on any atom is 0.411 e. The van der Waals surface area contributed by atoms with E-state index in [1.54, 1.807) is 4.90 Å². The molecule has 0 aliphatic carbocycles. The van der Waals surface area contributed by atoms with Crippen molar-refractivity contribution in [1.82, 2.24) is 15.5 Å². The van der Waals surface area contributed by atoms with Crippen LogP contribution in [0.4, 0.5) is 4.79 Å². The van der Waals surface area contributed by atoms with E-state index in [2.05, 4.69) is 10.6 Å². The van der Waals surface area contributed by atoms with E-state index in [0.29, 0.717) is 6.54 Å². The molecule has 1 aliphatic heterocycles.